The monoisotopic (exact) mass is 367 g/mol. The number of nitrogens with one attached hydrogen (secondary N) is 1. The summed E-state index contributed by atoms with van der Waals surface area (Å²) in [5.41, 5.74) is 3.67. The van der Waals surface area contributed by atoms with Gasteiger partial charge in [-0.25, -0.2) is 0 Å². The number of carbonyl (C=O) groups is 1. The van der Waals surface area contributed by atoms with E-state index in [9.17, 15) is 4.79 Å². The molecule has 0 radical (unpaired) electrons. The number of halogens is 1. The lowest BCUT2D eigenvalue weighted by Crippen LogP contribution is -2.42. The van der Waals surface area contributed by atoms with Crippen LogP contribution in [-0.4, -0.2) is 40.5 Å². The van der Waals surface area contributed by atoms with Gasteiger partial charge in [-0.05, 0) is 42.0 Å². The first-order chi connectivity index (χ1) is 12.7. The third kappa shape index (κ3) is 3.11. The van der Waals surface area contributed by atoms with Crippen LogP contribution in [0.15, 0.2) is 55.4 Å². The third-order valence-corrected chi connectivity index (χ3v) is 4.84. The maximum atomic E-state index is 12.2. The zero-order valence-corrected chi connectivity index (χ0v) is 14.9. The van der Waals surface area contributed by atoms with Crippen LogP contribution in [0.25, 0.3) is 22.2 Å². The topological polar surface area (TPSA) is 58.2 Å². The van der Waals surface area contributed by atoms with Crippen LogP contribution >= 0.6 is 11.6 Å². The van der Waals surface area contributed by atoms with E-state index in [0.29, 0.717) is 24.8 Å². The van der Waals surface area contributed by atoms with Crippen molar-refractivity contribution < 1.29 is 9.53 Å². The van der Waals surface area contributed by atoms with Gasteiger partial charge in [-0.3, -0.25) is 9.78 Å². The molecule has 2 aromatic heterocycles. The summed E-state index contributed by atoms with van der Waals surface area (Å²) in [5.74, 6) is -0.106. The van der Waals surface area contributed by atoms with Crippen molar-refractivity contribution >= 4 is 28.4 Å². The second-order valence-corrected chi connectivity index (χ2v) is 6.67. The van der Waals surface area contributed by atoms with Gasteiger partial charge in [0, 0.05) is 40.4 Å². The second kappa shape index (κ2) is 6.94. The molecule has 5 nitrogen and oxygen atoms in total. The summed E-state index contributed by atoms with van der Waals surface area (Å²) in [7, 11) is 0. The Balaban J connectivity index is 1.75. The number of carbonyl (C=O) groups excluding carboxylic acids is 1. The molecule has 4 rings (SSSR count). The van der Waals surface area contributed by atoms with Gasteiger partial charge in [-0.15, -0.1) is 0 Å². The maximum Gasteiger partial charge on any atom is 0.246 e. The number of nitrogens with zero attached hydrogens (tertiary/aromatic N) is 2. The molecule has 1 aromatic carbocycles. The van der Waals surface area contributed by atoms with Crippen LogP contribution in [0.5, 0.6) is 0 Å². The minimum atomic E-state index is -0.194. The minimum Gasteiger partial charge on any atom is -0.377 e. The molecule has 6 heteroatoms. The largest absolute Gasteiger partial charge is 0.377 e. The zero-order chi connectivity index (χ0) is 18.1. The number of ether oxygens (including phenoxy) is 1. The molecule has 0 bridgehead atoms. The van der Waals surface area contributed by atoms with Crippen LogP contribution in [-0.2, 0) is 9.53 Å². The molecule has 1 amide bonds. The molecule has 0 saturated carbocycles. The smallest absolute Gasteiger partial charge is 0.246 e. The van der Waals surface area contributed by atoms with Crippen molar-refractivity contribution in [1.29, 1.82) is 0 Å². The van der Waals surface area contributed by atoms with Gasteiger partial charge in [0.1, 0.15) is 0 Å². The molecule has 1 N–H and O–H groups in total. The number of rotatable bonds is 3. The van der Waals surface area contributed by atoms with Gasteiger partial charge in [0.15, 0.2) is 0 Å². The Labute approximate surface area is 156 Å². The van der Waals surface area contributed by atoms with Crippen molar-refractivity contribution in [3.8, 4) is 11.3 Å². The number of hydrogen-bond donors (Lipinski definition) is 1. The molecule has 0 unspecified atom stereocenters. The lowest BCUT2D eigenvalue weighted by Gasteiger charge is -2.35. The van der Waals surface area contributed by atoms with E-state index in [-0.39, 0.29) is 11.9 Å². The Morgan fingerprint density at radius 3 is 3.12 bits per heavy atom. The van der Waals surface area contributed by atoms with E-state index in [0.717, 1.165) is 27.7 Å². The highest BCUT2D eigenvalue weighted by Gasteiger charge is 2.28. The summed E-state index contributed by atoms with van der Waals surface area (Å²) in [5, 5.41) is 1.65. The van der Waals surface area contributed by atoms with E-state index in [1.807, 2.05) is 42.7 Å². The molecule has 1 aliphatic rings. The summed E-state index contributed by atoms with van der Waals surface area (Å²) in [4.78, 5) is 21.7. The quantitative estimate of drug-likeness (QED) is 0.712. The van der Waals surface area contributed by atoms with Gasteiger partial charge in [-0.1, -0.05) is 18.2 Å². The molecule has 1 atom stereocenters. The van der Waals surface area contributed by atoms with E-state index in [1.165, 1.54) is 6.08 Å². The molecule has 1 fully saturated rings. The van der Waals surface area contributed by atoms with Crippen molar-refractivity contribution in [3.05, 3.63) is 66.0 Å². The van der Waals surface area contributed by atoms with Crippen LogP contribution in [0.1, 0.15) is 11.6 Å². The molecule has 1 aliphatic heterocycles. The van der Waals surface area contributed by atoms with Crippen LogP contribution in [0.3, 0.4) is 0 Å². The summed E-state index contributed by atoms with van der Waals surface area (Å²) in [6.07, 6.45) is 5.06. The van der Waals surface area contributed by atoms with Crippen LogP contribution in [0, 0.1) is 0 Å². The molecule has 0 aliphatic carbocycles. The highest BCUT2D eigenvalue weighted by Crippen LogP contribution is 2.31. The first-order valence-corrected chi connectivity index (χ1v) is 8.78. The first-order valence-electron chi connectivity index (χ1n) is 8.40. The number of aromatic amines is 1. The van der Waals surface area contributed by atoms with E-state index in [2.05, 4.69) is 16.5 Å². The predicted octanol–water partition coefficient (Wildman–Crippen LogP) is 3.97. The maximum absolute atomic E-state index is 12.2. The van der Waals surface area contributed by atoms with Crippen molar-refractivity contribution in [2.75, 3.05) is 19.8 Å². The Kier molecular flexibility index (Phi) is 4.49. The molecular weight excluding hydrogens is 350 g/mol. The zero-order valence-electron chi connectivity index (χ0n) is 14.1. The summed E-state index contributed by atoms with van der Waals surface area (Å²) in [6.45, 7) is 5.09. The Bertz CT molecular complexity index is 982. The second-order valence-electron chi connectivity index (χ2n) is 6.23. The fraction of sp³-hybridized carbons (Fsp3) is 0.200. The lowest BCUT2D eigenvalue weighted by atomic mass is 10.00. The molecule has 0 spiro atoms. The molecule has 26 heavy (non-hydrogen) atoms. The normalized spacial score (nSPS) is 17.4. The fourth-order valence-electron chi connectivity index (χ4n) is 3.32. The minimum absolute atomic E-state index is 0.106. The summed E-state index contributed by atoms with van der Waals surface area (Å²) >= 11 is 6.38. The molecule has 132 valence electrons. The first kappa shape index (κ1) is 16.8. The number of hydrogen-bond acceptors (Lipinski definition) is 3. The third-order valence-electron chi connectivity index (χ3n) is 4.62. The number of fused-ring (bicyclic) bond motifs is 1. The number of morpholine rings is 1. The Morgan fingerprint density at radius 2 is 2.27 bits per heavy atom. The predicted molar refractivity (Wildman–Crippen MR) is 102 cm³/mol. The van der Waals surface area contributed by atoms with Gasteiger partial charge >= 0.3 is 0 Å². The van der Waals surface area contributed by atoms with Gasteiger partial charge in [-0.2, -0.15) is 0 Å². The van der Waals surface area contributed by atoms with Crippen molar-refractivity contribution in [3.63, 3.8) is 0 Å². The molecule has 3 heterocycles. The SMILES string of the molecule is C=CC(=O)N1CCOC[C@H]1c1cc(Cl)cc(-c2cc3[nH]ccc3cn2)c1. The Hall–Kier alpha value is -2.63. The fourth-order valence-corrected chi connectivity index (χ4v) is 3.56. The molecular formula is C20H18ClN3O2. The van der Waals surface area contributed by atoms with E-state index >= 15 is 0 Å². The number of benzene rings is 1. The number of amides is 1. The van der Waals surface area contributed by atoms with Crippen molar-refractivity contribution in [2.24, 2.45) is 0 Å². The van der Waals surface area contributed by atoms with Gasteiger partial charge in [0.05, 0.1) is 24.9 Å². The summed E-state index contributed by atoms with van der Waals surface area (Å²) < 4.78 is 5.60. The van der Waals surface area contributed by atoms with Crippen molar-refractivity contribution in [1.82, 2.24) is 14.9 Å². The average molecular weight is 368 g/mol. The van der Waals surface area contributed by atoms with Crippen LogP contribution in [0.4, 0.5) is 0 Å². The molecule has 3 aromatic rings. The standard InChI is InChI=1S/C20H18ClN3O2/c1-2-20(25)24-5-6-26-12-19(24)15-7-14(8-16(21)9-15)18-10-17-13(11-23-18)3-4-22-17/h2-4,7-11,19,22H,1,5-6,12H2/t19-/m0/s1. The van der Waals surface area contributed by atoms with E-state index < -0.39 is 0 Å². The van der Waals surface area contributed by atoms with E-state index in [1.54, 1.807) is 4.90 Å². The lowest BCUT2D eigenvalue weighted by molar-refractivity contribution is -0.134. The van der Waals surface area contributed by atoms with Crippen LogP contribution in [0.2, 0.25) is 5.02 Å². The average Bonchev–Trinajstić information content (AvgIpc) is 3.14. The van der Waals surface area contributed by atoms with Crippen LogP contribution < -0.4 is 0 Å². The summed E-state index contributed by atoms with van der Waals surface area (Å²) in [6, 6.07) is 9.56. The highest BCUT2D eigenvalue weighted by atomic mass is 35.5. The van der Waals surface area contributed by atoms with E-state index in [4.69, 9.17) is 16.3 Å². The number of aromatic nitrogens is 2. The highest BCUT2D eigenvalue weighted by molar-refractivity contribution is 6.31. The van der Waals surface area contributed by atoms with Gasteiger partial charge < -0.3 is 14.6 Å². The Morgan fingerprint density at radius 1 is 1.38 bits per heavy atom. The van der Waals surface area contributed by atoms with Gasteiger partial charge in [0.25, 0.3) is 0 Å². The number of pyridine rings is 1. The molecule has 1 saturated heterocycles. The van der Waals surface area contributed by atoms with Gasteiger partial charge in [0.2, 0.25) is 5.91 Å². The number of H-pyrrole nitrogens is 1. The van der Waals surface area contributed by atoms with Crippen molar-refractivity contribution in [2.45, 2.75) is 6.04 Å².